The van der Waals surface area contributed by atoms with Crippen LogP contribution in [0.25, 0.3) is 0 Å². The van der Waals surface area contributed by atoms with E-state index in [0.717, 1.165) is 38.4 Å². The maximum Gasteiger partial charge on any atom is 0.137 e. The molecule has 6 nitrogen and oxygen atoms in total. The number of aromatic nitrogens is 3. The summed E-state index contributed by atoms with van der Waals surface area (Å²) in [6, 6.07) is 4.78. The lowest BCUT2D eigenvalue weighted by Gasteiger charge is -2.34. The molecular formula is C17H27N5O. The molecule has 3 rings (SSSR count). The van der Waals surface area contributed by atoms with Gasteiger partial charge in [0.1, 0.15) is 18.4 Å². The summed E-state index contributed by atoms with van der Waals surface area (Å²) in [5.74, 6) is 1.06. The van der Waals surface area contributed by atoms with Crippen molar-refractivity contribution in [2.24, 2.45) is 0 Å². The van der Waals surface area contributed by atoms with Gasteiger partial charge >= 0.3 is 0 Å². The highest BCUT2D eigenvalue weighted by molar-refractivity contribution is 5.06. The van der Waals surface area contributed by atoms with Crippen molar-refractivity contribution in [3.63, 3.8) is 0 Å². The van der Waals surface area contributed by atoms with Gasteiger partial charge in [-0.2, -0.15) is 5.10 Å². The van der Waals surface area contributed by atoms with E-state index in [4.69, 9.17) is 4.42 Å². The van der Waals surface area contributed by atoms with Crippen molar-refractivity contribution in [2.75, 3.05) is 19.6 Å². The molecule has 23 heavy (non-hydrogen) atoms. The van der Waals surface area contributed by atoms with Gasteiger partial charge in [-0.05, 0) is 44.5 Å². The highest BCUT2D eigenvalue weighted by Gasteiger charge is 2.25. The Labute approximate surface area is 137 Å². The summed E-state index contributed by atoms with van der Waals surface area (Å²) >= 11 is 0. The van der Waals surface area contributed by atoms with Crippen LogP contribution in [-0.4, -0.2) is 45.3 Å². The van der Waals surface area contributed by atoms with Crippen molar-refractivity contribution in [3.8, 4) is 0 Å². The molecule has 1 aliphatic heterocycles. The Hall–Kier alpha value is -1.66. The van der Waals surface area contributed by atoms with Gasteiger partial charge in [0.2, 0.25) is 0 Å². The van der Waals surface area contributed by atoms with Crippen LogP contribution in [-0.2, 0) is 6.54 Å². The predicted octanol–water partition coefficient (Wildman–Crippen LogP) is 2.47. The van der Waals surface area contributed by atoms with Gasteiger partial charge in [-0.1, -0.05) is 13.3 Å². The van der Waals surface area contributed by atoms with Crippen LogP contribution in [0, 0.1) is 0 Å². The van der Waals surface area contributed by atoms with Crippen molar-refractivity contribution in [1.82, 2.24) is 25.0 Å². The first-order valence-corrected chi connectivity index (χ1v) is 8.70. The average Bonchev–Trinajstić information content (AvgIpc) is 3.29. The first-order chi connectivity index (χ1) is 11.4. The number of piperidine rings is 1. The molecule has 1 fully saturated rings. The molecule has 0 unspecified atom stereocenters. The van der Waals surface area contributed by atoms with Crippen molar-refractivity contribution >= 4 is 0 Å². The predicted molar refractivity (Wildman–Crippen MR) is 89.0 cm³/mol. The molecule has 2 atom stereocenters. The Kier molecular flexibility index (Phi) is 5.82. The van der Waals surface area contributed by atoms with Crippen LogP contribution in [0.1, 0.15) is 44.4 Å². The van der Waals surface area contributed by atoms with Crippen LogP contribution < -0.4 is 5.32 Å². The van der Waals surface area contributed by atoms with E-state index in [2.05, 4.69) is 33.3 Å². The topological polar surface area (TPSA) is 59.1 Å². The van der Waals surface area contributed by atoms with E-state index >= 15 is 0 Å². The molecule has 3 heterocycles. The fourth-order valence-corrected chi connectivity index (χ4v) is 3.29. The first-order valence-electron chi connectivity index (χ1n) is 8.70. The molecule has 0 amide bonds. The molecule has 2 aromatic heterocycles. The smallest absolute Gasteiger partial charge is 0.137 e. The van der Waals surface area contributed by atoms with Gasteiger partial charge in [0.05, 0.1) is 18.8 Å². The molecule has 1 aliphatic rings. The van der Waals surface area contributed by atoms with Crippen molar-refractivity contribution < 1.29 is 4.42 Å². The standard InChI is InChI=1S/C17H27N5O/c1-2-15(12-22-14-18-13-20-22)19-11-16(17-7-6-10-23-17)21-8-4-3-5-9-21/h6-7,10,13-16,19H,2-5,8-9,11-12H2,1H3/t15-,16+/m1/s1. The lowest BCUT2D eigenvalue weighted by molar-refractivity contribution is 0.139. The van der Waals surface area contributed by atoms with Crippen LogP contribution >= 0.6 is 0 Å². The molecule has 0 saturated carbocycles. The summed E-state index contributed by atoms with van der Waals surface area (Å²) in [4.78, 5) is 6.57. The van der Waals surface area contributed by atoms with Gasteiger partial charge in [-0.3, -0.25) is 9.58 Å². The molecule has 2 aromatic rings. The quantitative estimate of drug-likeness (QED) is 0.810. The normalized spacial score (nSPS) is 18.8. The summed E-state index contributed by atoms with van der Waals surface area (Å²) in [6.45, 7) is 6.28. The number of likely N-dealkylation sites (tertiary alicyclic amines) is 1. The molecule has 0 bridgehead atoms. The van der Waals surface area contributed by atoms with Crippen LogP contribution in [0.5, 0.6) is 0 Å². The number of hydrogen-bond acceptors (Lipinski definition) is 5. The number of nitrogens with one attached hydrogen (secondary N) is 1. The molecule has 1 saturated heterocycles. The van der Waals surface area contributed by atoms with Gasteiger partial charge in [0.25, 0.3) is 0 Å². The summed E-state index contributed by atoms with van der Waals surface area (Å²) in [5.41, 5.74) is 0. The average molecular weight is 317 g/mol. The second-order valence-electron chi connectivity index (χ2n) is 6.26. The van der Waals surface area contributed by atoms with Crippen LogP contribution in [0.4, 0.5) is 0 Å². The SMILES string of the molecule is CC[C@H](Cn1cncn1)NC[C@@H](c1ccco1)N1CCCCC1. The lowest BCUT2D eigenvalue weighted by Crippen LogP contribution is -2.42. The van der Waals surface area contributed by atoms with Crippen molar-refractivity contribution in [2.45, 2.75) is 51.2 Å². The maximum atomic E-state index is 5.71. The fraction of sp³-hybridized carbons (Fsp3) is 0.647. The molecule has 0 aromatic carbocycles. The molecule has 1 N–H and O–H groups in total. The Balaban J connectivity index is 1.60. The third-order valence-electron chi connectivity index (χ3n) is 4.67. The number of furan rings is 1. The van der Waals surface area contributed by atoms with Crippen molar-refractivity contribution in [3.05, 3.63) is 36.8 Å². The largest absolute Gasteiger partial charge is 0.468 e. The number of hydrogen-bond donors (Lipinski definition) is 1. The van der Waals surface area contributed by atoms with E-state index in [1.54, 1.807) is 18.9 Å². The molecule has 0 spiro atoms. The third-order valence-corrected chi connectivity index (χ3v) is 4.67. The zero-order valence-electron chi connectivity index (χ0n) is 13.9. The van der Waals surface area contributed by atoms with E-state index in [1.165, 1.54) is 19.3 Å². The molecule has 0 aliphatic carbocycles. The number of rotatable bonds is 8. The monoisotopic (exact) mass is 317 g/mol. The van der Waals surface area contributed by atoms with Crippen LogP contribution in [0.2, 0.25) is 0 Å². The van der Waals surface area contributed by atoms with Crippen molar-refractivity contribution in [1.29, 1.82) is 0 Å². The van der Waals surface area contributed by atoms with E-state index in [9.17, 15) is 0 Å². The second kappa shape index (κ2) is 8.26. The summed E-state index contributed by atoms with van der Waals surface area (Å²) in [7, 11) is 0. The van der Waals surface area contributed by atoms with Gasteiger partial charge < -0.3 is 9.73 Å². The zero-order chi connectivity index (χ0) is 15.9. The summed E-state index contributed by atoms with van der Waals surface area (Å²) < 4.78 is 7.60. The minimum Gasteiger partial charge on any atom is -0.468 e. The fourth-order valence-electron chi connectivity index (χ4n) is 3.29. The maximum absolute atomic E-state index is 5.71. The van der Waals surface area contributed by atoms with Gasteiger partial charge in [0, 0.05) is 12.6 Å². The lowest BCUT2D eigenvalue weighted by atomic mass is 10.1. The minimum absolute atomic E-state index is 0.315. The minimum atomic E-state index is 0.315. The summed E-state index contributed by atoms with van der Waals surface area (Å²) in [5, 5.41) is 7.91. The Morgan fingerprint density at radius 3 is 2.83 bits per heavy atom. The Morgan fingerprint density at radius 1 is 1.30 bits per heavy atom. The second-order valence-corrected chi connectivity index (χ2v) is 6.26. The highest BCUT2D eigenvalue weighted by Crippen LogP contribution is 2.24. The van der Waals surface area contributed by atoms with E-state index < -0.39 is 0 Å². The summed E-state index contributed by atoms with van der Waals surface area (Å²) in [6.07, 6.45) is 10.1. The molecule has 0 radical (unpaired) electrons. The van der Waals surface area contributed by atoms with Gasteiger partial charge in [0.15, 0.2) is 0 Å². The Bertz CT molecular complexity index is 533. The van der Waals surface area contributed by atoms with E-state index in [1.807, 2.05) is 10.7 Å². The molecule has 126 valence electrons. The number of nitrogens with zero attached hydrogens (tertiary/aromatic N) is 4. The van der Waals surface area contributed by atoms with E-state index in [-0.39, 0.29) is 0 Å². The highest BCUT2D eigenvalue weighted by atomic mass is 16.3. The first kappa shape index (κ1) is 16.2. The van der Waals surface area contributed by atoms with Crippen LogP contribution in [0.15, 0.2) is 35.5 Å². The van der Waals surface area contributed by atoms with E-state index in [0.29, 0.717) is 12.1 Å². The zero-order valence-corrected chi connectivity index (χ0v) is 13.9. The Morgan fingerprint density at radius 2 is 2.17 bits per heavy atom. The third kappa shape index (κ3) is 4.42. The van der Waals surface area contributed by atoms with Gasteiger partial charge in [-0.25, -0.2) is 4.98 Å². The molecule has 6 heteroatoms. The van der Waals surface area contributed by atoms with Crippen LogP contribution in [0.3, 0.4) is 0 Å². The molecular weight excluding hydrogens is 290 g/mol. The van der Waals surface area contributed by atoms with Gasteiger partial charge in [-0.15, -0.1) is 0 Å².